The van der Waals surface area contributed by atoms with Crippen LogP contribution in [0.1, 0.15) is 26.2 Å². The molecule has 34 heavy (non-hydrogen) atoms. The number of sulfonamides is 1. The molecule has 3 aromatic rings. The van der Waals surface area contributed by atoms with Gasteiger partial charge in [0.25, 0.3) is 0 Å². The van der Waals surface area contributed by atoms with Gasteiger partial charge >= 0.3 is 0 Å². The number of aromatic nitrogens is 1. The van der Waals surface area contributed by atoms with Crippen LogP contribution in [0.25, 0.3) is 11.3 Å². The van der Waals surface area contributed by atoms with Crippen LogP contribution in [0.5, 0.6) is 5.75 Å². The minimum absolute atomic E-state index is 0.133. The van der Waals surface area contributed by atoms with Crippen LogP contribution in [0, 0.1) is 5.92 Å². The third-order valence-electron chi connectivity index (χ3n) is 5.56. The van der Waals surface area contributed by atoms with Gasteiger partial charge in [0.1, 0.15) is 5.75 Å². The summed E-state index contributed by atoms with van der Waals surface area (Å²) in [5.41, 5.74) is 1.69. The first kappa shape index (κ1) is 24.7. The Hall–Kier alpha value is -2.46. The minimum atomic E-state index is -3.69. The van der Waals surface area contributed by atoms with Crippen LogP contribution in [0.15, 0.2) is 58.8 Å². The van der Waals surface area contributed by atoms with Crippen molar-refractivity contribution in [1.82, 2.24) is 9.29 Å². The molecule has 1 aliphatic rings. The summed E-state index contributed by atoms with van der Waals surface area (Å²) in [5, 5.41) is 5.71. The van der Waals surface area contributed by atoms with Gasteiger partial charge in [-0.1, -0.05) is 18.5 Å². The Labute approximate surface area is 208 Å². The third kappa shape index (κ3) is 5.78. The van der Waals surface area contributed by atoms with Gasteiger partial charge in [-0.2, -0.15) is 4.31 Å². The van der Waals surface area contributed by atoms with E-state index in [2.05, 4.69) is 17.2 Å². The number of hydrogen-bond acceptors (Lipinski definition) is 6. The second-order valence-corrected chi connectivity index (χ2v) is 11.3. The molecule has 0 saturated carbocycles. The van der Waals surface area contributed by atoms with Gasteiger partial charge in [0, 0.05) is 29.1 Å². The average molecular weight is 520 g/mol. The van der Waals surface area contributed by atoms with Crippen molar-refractivity contribution in [2.45, 2.75) is 31.1 Å². The zero-order valence-electron chi connectivity index (χ0n) is 18.7. The Morgan fingerprint density at radius 2 is 1.94 bits per heavy atom. The Morgan fingerprint density at radius 3 is 2.65 bits per heavy atom. The van der Waals surface area contributed by atoms with E-state index in [4.69, 9.17) is 16.3 Å². The van der Waals surface area contributed by atoms with Gasteiger partial charge < -0.3 is 10.1 Å². The maximum absolute atomic E-state index is 13.0. The number of ether oxygens (including phenoxy) is 1. The molecule has 0 aliphatic carbocycles. The van der Waals surface area contributed by atoms with Crippen LogP contribution >= 0.6 is 22.9 Å². The lowest BCUT2D eigenvalue weighted by atomic mass is 9.99. The van der Waals surface area contributed by atoms with Crippen molar-refractivity contribution in [1.29, 1.82) is 0 Å². The number of amides is 1. The van der Waals surface area contributed by atoms with Crippen molar-refractivity contribution in [3.63, 3.8) is 0 Å². The molecule has 2 heterocycles. The molecule has 0 spiro atoms. The molecule has 1 saturated heterocycles. The summed E-state index contributed by atoms with van der Waals surface area (Å²) in [5.74, 6) is 0.142. The number of rotatable bonds is 8. The van der Waals surface area contributed by atoms with E-state index in [1.54, 1.807) is 12.1 Å². The number of hydrogen-bond donors (Lipinski definition) is 1. The van der Waals surface area contributed by atoms with Gasteiger partial charge in [-0.25, -0.2) is 13.4 Å². The SMILES string of the molecule is CCCOc1ccc(-c2csc(NC(=O)C3CCCN(S(=O)(=O)c4ccc(Cl)cc4)C3)n2)cc1. The van der Waals surface area contributed by atoms with Gasteiger partial charge in [0.2, 0.25) is 15.9 Å². The Balaban J connectivity index is 1.39. The average Bonchev–Trinajstić information content (AvgIpc) is 3.32. The van der Waals surface area contributed by atoms with Crippen LogP contribution in [0.4, 0.5) is 5.13 Å². The normalized spacial score (nSPS) is 16.8. The lowest BCUT2D eigenvalue weighted by molar-refractivity contribution is -0.120. The van der Waals surface area contributed by atoms with E-state index in [1.165, 1.54) is 27.8 Å². The number of benzene rings is 2. The van der Waals surface area contributed by atoms with E-state index in [0.29, 0.717) is 36.1 Å². The summed E-state index contributed by atoms with van der Waals surface area (Å²) in [7, 11) is -3.69. The van der Waals surface area contributed by atoms with Gasteiger partial charge in [0.15, 0.2) is 5.13 Å². The van der Waals surface area contributed by atoms with Crippen molar-refractivity contribution in [2.75, 3.05) is 25.0 Å². The lowest BCUT2D eigenvalue weighted by Gasteiger charge is -2.31. The summed E-state index contributed by atoms with van der Waals surface area (Å²) >= 11 is 7.22. The second kappa shape index (κ2) is 10.9. The van der Waals surface area contributed by atoms with Crippen LogP contribution in [-0.2, 0) is 14.8 Å². The van der Waals surface area contributed by atoms with Crippen molar-refractivity contribution < 1.29 is 17.9 Å². The summed E-state index contributed by atoms with van der Waals surface area (Å²) in [6.45, 7) is 3.25. The van der Waals surface area contributed by atoms with Crippen LogP contribution in [0.2, 0.25) is 5.02 Å². The molecule has 1 fully saturated rings. The maximum atomic E-state index is 13.0. The quantitative estimate of drug-likeness (QED) is 0.436. The molecular weight excluding hydrogens is 494 g/mol. The molecule has 1 aliphatic heterocycles. The number of anilines is 1. The highest BCUT2D eigenvalue weighted by atomic mass is 35.5. The van der Waals surface area contributed by atoms with Crippen molar-refractivity contribution >= 4 is 44.0 Å². The number of piperidine rings is 1. The largest absolute Gasteiger partial charge is 0.494 e. The van der Waals surface area contributed by atoms with E-state index in [0.717, 1.165) is 23.4 Å². The summed E-state index contributed by atoms with van der Waals surface area (Å²) < 4.78 is 33.0. The van der Waals surface area contributed by atoms with Crippen molar-refractivity contribution in [3.05, 3.63) is 58.9 Å². The molecule has 7 nitrogen and oxygen atoms in total. The highest BCUT2D eigenvalue weighted by Crippen LogP contribution is 2.29. The van der Waals surface area contributed by atoms with Crippen molar-refractivity contribution in [3.8, 4) is 17.0 Å². The first-order chi connectivity index (χ1) is 16.4. The second-order valence-electron chi connectivity index (χ2n) is 8.06. The zero-order valence-corrected chi connectivity index (χ0v) is 21.1. The third-order valence-corrected chi connectivity index (χ3v) is 8.45. The highest BCUT2D eigenvalue weighted by Gasteiger charge is 2.33. The number of thiazole rings is 1. The lowest BCUT2D eigenvalue weighted by Crippen LogP contribution is -2.43. The van der Waals surface area contributed by atoms with Crippen LogP contribution in [-0.4, -0.2) is 43.3 Å². The predicted molar refractivity (Wildman–Crippen MR) is 135 cm³/mol. The molecule has 1 aromatic heterocycles. The molecule has 1 amide bonds. The molecule has 1 atom stereocenters. The number of nitrogens with zero attached hydrogens (tertiary/aromatic N) is 2. The summed E-state index contributed by atoms with van der Waals surface area (Å²) in [6, 6.07) is 13.8. The van der Waals surface area contributed by atoms with E-state index < -0.39 is 15.9 Å². The monoisotopic (exact) mass is 519 g/mol. The van der Waals surface area contributed by atoms with Gasteiger partial charge in [-0.05, 0) is 67.8 Å². The number of nitrogens with one attached hydrogen (secondary N) is 1. The molecular formula is C24H26ClN3O4S2. The van der Waals surface area contributed by atoms with Gasteiger partial charge in [-0.15, -0.1) is 11.3 Å². The molecule has 2 aromatic carbocycles. The fourth-order valence-electron chi connectivity index (χ4n) is 3.74. The molecule has 1 N–H and O–H groups in total. The van der Waals surface area contributed by atoms with E-state index in [9.17, 15) is 13.2 Å². The number of carbonyl (C=O) groups excluding carboxylic acids is 1. The van der Waals surface area contributed by atoms with Crippen molar-refractivity contribution in [2.24, 2.45) is 5.92 Å². The maximum Gasteiger partial charge on any atom is 0.243 e. The fraction of sp³-hybridized carbons (Fsp3) is 0.333. The number of halogens is 1. The molecule has 10 heteroatoms. The zero-order chi connectivity index (χ0) is 24.1. The summed E-state index contributed by atoms with van der Waals surface area (Å²) in [6.07, 6.45) is 2.18. The minimum Gasteiger partial charge on any atom is -0.494 e. The topological polar surface area (TPSA) is 88.6 Å². The van der Waals surface area contributed by atoms with E-state index >= 15 is 0 Å². The predicted octanol–water partition coefficient (Wildman–Crippen LogP) is 5.29. The van der Waals surface area contributed by atoms with Gasteiger partial charge in [-0.3, -0.25) is 4.79 Å². The van der Waals surface area contributed by atoms with E-state index in [1.807, 2.05) is 29.6 Å². The number of carbonyl (C=O) groups is 1. The molecule has 1 unspecified atom stereocenters. The smallest absolute Gasteiger partial charge is 0.243 e. The summed E-state index contributed by atoms with van der Waals surface area (Å²) in [4.78, 5) is 17.6. The first-order valence-electron chi connectivity index (χ1n) is 11.1. The fourth-order valence-corrected chi connectivity index (χ4v) is 6.12. The molecule has 4 rings (SSSR count). The molecule has 180 valence electrons. The first-order valence-corrected chi connectivity index (χ1v) is 13.8. The van der Waals surface area contributed by atoms with E-state index in [-0.39, 0.29) is 17.3 Å². The van der Waals surface area contributed by atoms with Gasteiger partial charge in [0.05, 0.1) is 23.1 Å². The van der Waals surface area contributed by atoms with Crippen LogP contribution < -0.4 is 10.1 Å². The Bertz CT molecular complexity index is 1230. The van der Waals surface area contributed by atoms with Crippen LogP contribution in [0.3, 0.4) is 0 Å². The Kier molecular flexibility index (Phi) is 7.88. The molecule has 0 radical (unpaired) electrons. The highest BCUT2D eigenvalue weighted by molar-refractivity contribution is 7.89. The molecule has 0 bridgehead atoms. The standard InChI is InChI=1S/C24H26ClN3O4S2/c1-2-14-32-20-9-5-17(6-10-20)22-16-33-24(26-22)27-23(29)18-4-3-13-28(15-18)34(30,31)21-11-7-19(25)8-12-21/h5-12,16,18H,2-4,13-15H2,1H3,(H,26,27,29). The Morgan fingerprint density at radius 1 is 1.21 bits per heavy atom.